The van der Waals surface area contributed by atoms with Crippen molar-refractivity contribution in [2.24, 2.45) is 0 Å². The number of piperazine rings is 1. The largest absolute Gasteiger partial charge is 0.494 e. The Balaban J connectivity index is 1.38. The van der Waals surface area contributed by atoms with Crippen LogP contribution >= 0.6 is 0 Å². The number of rotatable bonds is 3. The fourth-order valence-corrected chi connectivity index (χ4v) is 3.79. The summed E-state index contributed by atoms with van der Waals surface area (Å²) in [6.07, 6.45) is 0. The lowest BCUT2D eigenvalue weighted by Crippen LogP contribution is -2.46. The second-order valence-electron chi connectivity index (χ2n) is 8.81. The van der Waals surface area contributed by atoms with Crippen molar-refractivity contribution in [3.8, 4) is 6.07 Å². The Labute approximate surface area is 174 Å². The molecule has 5 nitrogen and oxygen atoms in total. The minimum absolute atomic E-state index is 0.317. The summed E-state index contributed by atoms with van der Waals surface area (Å²) >= 11 is 0. The molecule has 0 N–H and O–H groups in total. The molecule has 0 atom stereocenters. The van der Waals surface area contributed by atoms with Gasteiger partial charge in [0, 0.05) is 37.6 Å². The molecular weight excluding hydrogens is 361 g/mol. The molecule has 0 saturated carbocycles. The van der Waals surface area contributed by atoms with Crippen molar-refractivity contribution in [1.82, 2.24) is 0 Å². The van der Waals surface area contributed by atoms with E-state index in [9.17, 15) is 0 Å². The molecule has 6 heteroatoms. The maximum absolute atomic E-state index is 8.95. The van der Waals surface area contributed by atoms with Gasteiger partial charge >= 0.3 is 7.12 Å². The van der Waals surface area contributed by atoms with Crippen LogP contribution in [0.15, 0.2) is 48.5 Å². The minimum Gasteiger partial charge on any atom is -0.399 e. The Kier molecular flexibility index (Phi) is 5.06. The highest BCUT2D eigenvalue weighted by Gasteiger charge is 2.51. The molecule has 4 rings (SSSR count). The quantitative estimate of drug-likeness (QED) is 0.755. The molecule has 2 aliphatic heterocycles. The first-order valence-electron chi connectivity index (χ1n) is 10.2. The number of hydrogen-bond acceptors (Lipinski definition) is 5. The van der Waals surface area contributed by atoms with Gasteiger partial charge in [0.15, 0.2) is 0 Å². The summed E-state index contributed by atoms with van der Waals surface area (Å²) in [6.45, 7) is 12.2. The Hall–Kier alpha value is -2.49. The van der Waals surface area contributed by atoms with Crippen molar-refractivity contribution in [3.05, 3.63) is 54.1 Å². The third-order valence-electron chi connectivity index (χ3n) is 6.42. The van der Waals surface area contributed by atoms with Gasteiger partial charge in [0.05, 0.1) is 22.8 Å². The molecule has 2 heterocycles. The van der Waals surface area contributed by atoms with Gasteiger partial charge in [0.2, 0.25) is 0 Å². The highest BCUT2D eigenvalue weighted by atomic mass is 16.7. The first kappa shape index (κ1) is 19.8. The molecule has 0 radical (unpaired) electrons. The van der Waals surface area contributed by atoms with Crippen molar-refractivity contribution < 1.29 is 9.31 Å². The Bertz CT molecular complexity index is 879. The summed E-state index contributed by atoms with van der Waals surface area (Å²) < 4.78 is 12.3. The van der Waals surface area contributed by atoms with E-state index in [2.05, 4.69) is 67.8 Å². The number of anilines is 2. The van der Waals surface area contributed by atoms with E-state index in [0.29, 0.717) is 5.56 Å². The molecule has 0 aliphatic carbocycles. The molecule has 150 valence electrons. The van der Waals surface area contributed by atoms with E-state index in [4.69, 9.17) is 14.6 Å². The summed E-state index contributed by atoms with van der Waals surface area (Å²) in [5.41, 5.74) is 3.53. The van der Waals surface area contributed by atoms with Crippen molar-refractivity contribution >= 4 is 24.0 Å². The smallest absolute Gasteiger partial charge is 0.399 e. The molecule has 2 saturated heterocycles. The van der Waals surface area contributed by atoms with Crippen molar-refractivity contribution in [2.45, 2.75) is 38.9 Å². The number of nitrogens with zero attached hydrogens (tertiary/aromatic N) is 3. The SMILES string of the molecule is CC1(C)OB(c2ccc(N3CCN(c4ccc(C#N)cc4)CC3)cc2)OC1(C)C. The normalized spacial score (nSPS) is 20.6. The Morgan fingerprint density at radius 1 is 0.759 bits per heavy atom. The lowest BCUT2D eigenvalue weighted by atomic mass is 9.79. The third-order valence-corrected chi connectivity index (χ3v) is 6.42. The maximum Gasteiger partial charge on any atom is 0.494 e. The fourth-order valence-electron chi connectivity index (χ4n) is 3.79. The maximum atomic E-state index is 8.95. The van der Waals surface area contributed by atoms with Gasteiger partial charge in [-0.2, -0.15) is 5.26 Å². The van der Waals surface area contributed by atoms with Crippen LogP contribution in [0.1, 0.15) is 33.3 Å². The Morgan fingerprint density at radius 3 is 1.59 bits per heavy atom. The summed E-state index contributed by atoms with van der Waals surface area (Å²) in [5, 5.41) is 8.95. The van der Waals surface area contributed by atoms with Gasteiger partial charge in [-0.3, -0.25) is 0 Å². The third kappa shape index (κ3) is 3.85. The molecule has 0 amide bonds. The van der Waals surface area contributed by atoms with Gasteiger partial charge < -0.3 is 19.1 Å². The molecule has 2 aliphatic rings. The number of nitriles is 1. The molecular formula is C23H28BN3O2. The van der Waals surface area contributed by atoms with E-state index in [1.165, 1.54) is 11.4 Å². The van der Waals surface area contributed by atoms with Crippen LogP contribution in [0.3, 0.4) is 0 Å². The molecule has 2 aromatic carbocycles. The second-order valence-corrected chi connectivity index (χ2v) is 8.81. The first-order valence-corrected chi connectivity index (χ1v) is 10.2. The molecule has 0 spiro atoms. The van der Waals surface area contributed by atoms with Crippen LogP contribution in [0, 0.1) is 11.3 Å². The van der Waals surface area contributed by atoms with Gasteiger partial charge in [-0.25, -0.2) is 0 Å². The predicted octanol–water partition coefficient (Wildman–Crippen LogP) is 3.18. The molecule has 0 bridgehead atoms. The van der Waals surface area contributed by atoms with Crippen LogP contribution < -0.4 is 15.3 Å². The predicted molar refractivity (Wildman–Crippen MR) is 118 cm³/mol. The average molecular weight is 389 g/mol. The zero-order valence-electron chi connectivity index (χ0n) is 17.7. The monoisotopic (exact) mass is 389 g/mol. The van der Waals surface area contributed by atoms with Crippen LogP contribution in [0.25, 0.3) is 0 Å². The van der Waals surface area contributed by atoms with Gasteiger partial charge in [-0.15, -0.1) is 0 Å². The molecule has 0 aromatic heterocycles. The van der Waals surface area contributed by atoms with Gasteiger partial charge in [-0.05, 0) is 69.6 Å². The van der Waals surface area contributed by atoms with Crippen LogP contribution in [0.5, 0.6) is 0 Å². The summed E-state index contributed by atoms with van der Waals surface area (Å²) in [7, 11) is -0.317. The van der Waals surface area contributed by atoms with E-state index >= 15 is 0 Å². The lowest BCUT2D eigenvalue weighted by Gasteiger charge is -2.37. The van der Waals surface area contributed by atoms with Gasteiger partial charge in [0.1, 0.15) is 0 Å². The van der Waals surface area contributed by atoms with E-state index < -0.39 is 0 Å². The lowest BCUT2D eigenvalue weighted by molar-refractivity contribution is 0.00578. The van der Waals surface area contributed by atoms with Gasteiger partial charge in [-0.1, -0.05) is 12.1 Å². The van der Waals surface area contributed by atoms with E-state index in [1.54, 1.807) is 0 Å². The van der Waals surface area contributed by atoms with Crippen molar-refractivity contribution in [2.75, 3.05) is 36.0 Å². The second kappa shape index (κ2) is 7.40. The van der Waals surface area contributed by atoms with Crippen molar-refractivity contribution in [1.29, 1.82) is 5.26 Å². The number of hydrogen-bond donors (Lipinski definition) is 0. The zero-order chi connectivity index (χ0) is 20.6. The van der Waals surface area contributed by atoms with Gasteiger partial charge in [0.25, 0.3) is 0 Å². The van der Waals surface area contributed by atoms with Crippen LogP contribution in [0.2, 0.25) is 0 Å². The number of benzene rings is 2. The topological polar surface area (TPSA) is 48.7 Å². The standard InChI is InChI=1S/C23H28BN3O2/c1-22(2)23(3,4)29-24(28-22)19-7-11-21(12-8-19)27-15-13-26(14-16-27)20-9-5-18(17-25)6-10-20/h5-12H,13-16H2,1-4H3. The van der Waals surface area contributed by atoms with E-state index in [-0.39, 0.29) is 18.3 Å². The first-order chi connectivity index (χ1) is 13.8. The fraction of sp³-hybridized carbons (Fsp3) is 0.435. The highest BCUT2D eigenvalue weighted by molar-refractivity contribution is 6.62. The van der Waals surface area contributed by atoms with Crippen molar-refractivity contribution in [3.63, 3.8) is 0 Å². The highest BCUT2D eigenvalue weighted by Crippen LogP contribution is 2.36. The molecule has 2 fully saturated rings. The summed E-state index contributed by atoms with van der Waals surface area (Å²) in [6, 6.07) is 18.6. The Morgan fingerprint density at radius 2 is 1.17 bits per heavy atom. The molecule has 2 aromatic rings. The van der Waals surface area contributed by atoms with E-state index in [1.807, 2.05) is 24.3 Å². The molecule has 0 unspecified atom stereocenters. The van der Waals surface area contributed by atoms with Crippen LogP contribution in [-0.2, 0) is 9.31 Å². The van der Waals surface area contributed by atoms with Crippen LogP contribution in [-0.4, -0.2) is 44.5 Å². The average Bonchev–Trinajstić information content (AvgIpc) is 2.95. The minimum atomic E-state index is -0.321. The summed E-state index contributed by atoms with van der Waals surface area (Å²) in [5.74, 6) is 0. The zero-order valence-corrected chi connectivity index (χ0v) is 17.7. The van der Waals surface area contributed by atoms with E-state index in [0.717, 1.165) is 31.6 Å². The van der Waals surface area contributed by atoms with Crippen LogP contribution in [0.4, 0.5) is 11.4 Å². The summed E-state index contributed by atoms with van der Waals surface area (Å²) in [4.78, 5) is 4.78. The molecule has 29 heavy (non-hydrogen) atoms.